The van der Waals surface area contributed by atoms with Gasteiger partial charge in [-0.05, 0) is 35.2 Å². The number of nitrogens with two attached hydrogens (primary N) is 1. The van der Waals surface area contributed by atoms with Gasteiger partial charge in [0.25, 0.3) is 0 Å². The SMILES string of the molecule is Nc1ncc(-c2nc(N3CCCCC3)nc3c(Br)csc23)cn1. The largest absolute Gasteiger partial charge is 0.368 e. The lowest BCUT2D eigenvalue weighted by molar-refractivity contribution is 0.569. The first kappa shape index (κ1) is 14.8. The molecule has 1 aliphatic rings. The normalized spacial score (nSPS) is 15.3. The van der Waals surface area contributed by atoms with Crippen LogP contribution in [0.15, 0.2) is 22.2 Å². The van der Waals surface area contributed by atoms with Crippen LogP contribution in [0.4, 0.5) is 11.9 Å². The van der Waals surface area contributed by atoms with E-state index >= 15 is 0 Å². The second-order valence-corrected chi connectivity index (χ2v) is 7.25. The summed E-state index contributed by atoms with van der Waals surface area (Å²) in [6, 6.07) is 0. The molecule has 3 aromatic heterocycles. The fourth-order valence-corrected chi connectivity index (χ4v) is 4.34. The lowest BCUT2D eigenvalue weighted by Crippen LogP contribution is -2.31. The van der Waals surface area contributed by atoms with Gasteiger partial charge in [0.2, 0.25) is 11.9 Å². The number of aromatic nitrogens is 4. The van der Waals surface area contributed by atoms with E-state index in [1.54, 1.807) is 23.7 Å². The van der Waals surface area contributed by atoms with Gasteiger partial charge in [0.1, 0.15) is 5.52 Å². The molecule has 0 amide bonds. The highest BCUT2D eigenvalue weighted by Gasteiger charge is 2.19. The van der Waals surface area contributed by atoms with Crippen LogP contribution < -0.4 is 10.6 Å². The Balaban J connectivity index is 1.89. The summed E-state index contributed by atoms with van der Waals surface area (Å²) in [7, 11) is 0. The third-order valence-electron chi connectivity index (χ3n) is 3.94. The van der Waals surface area contributed by atoms with E-state index in [4.69, 9.17) is 15.7 Å². The number of anilines is 2. The Labute approximate surface area is 145 Å². The van der Waals surface area contributed by atoms with Crippen molar-refractivity contribution >= 4 is 49.4 Å². The van der Waals surface area contributed by atoms with Gasteiger partial charge in [-0.2, -0.15) is 0 Å². The first-order valence-electron chi connectivity index (χ1n) is 7.50. The van der Waals surface area contributed by atoms with Gasteiger partial charge < -0.3 is 10.6 Å². The van der Waals surface area contributed by atoms with Crippen LogP contribution in [0.25, 0.3) is 21.5 Å². The fraction of sp³-hybridized carbons (Fsp3) is 0.333. The quantitative estimate of drug-likeness (QED) is 0.721. The molecule has 6 nitrogen and oxygen atoms in total. The maximum atomic E-state index is 5.60. The Bertz CT molecular complexity index is 841. The molecule has 0 spiro atoms. The molecule has 0 unspecified atom stereocenters. The van der Waals surface area contributed by atoms with Crippen LogP contribution in [0.3, 0.4) is 0 Å². The second kappa shape index (κ2) is 6.01. The predicted molar refractivity (Wildman–Crippen MR) is 96.6 cm³/mol. The number of hydrogen-bond donors (Lipinski definition) is 1. The number of piperidine rings is 1. The van der Waals surface area contributed by atoms with E-state index in [-0.39, 0.29) is 5.95 Å². The van der Waals surface area contributed by atoms with Crippen LogP contribution >= 0.6 is 27.3 Å². The molecule has 23 heavy (non-hydrogen) atoms. The third kappa shape index (κ3) is 2.76. The van der Waals surface area contributed by atoms with E-state index in [1.165, 1.54) is 19.3 Å². The minimum Gasteiger partial charge on any atom is -0.368 e. The molecule has 2 N–H and O–H groups in total. The van der Waals surface area contributed by atoms with Gasteiger partial charge in [0, 0.05) is 36.4 Å². The van der Waals surface area contributed by atoms with Gasteiger partial charge in [-0.1, -0.05) is 0 Å². The van der Waals surface area contributed by atoms with Gasteiger partial charge in [0.15, 0.2) is 0 Å². The molecule has 0 atom stereocenters. The lowest BCUT2D eigenvalue weighted by atomic mass is 10.1. The molecule has 0 radical (unpaired) electrons. The average Bonchev–Trinajstić information content (AvgIpc) is 2.97. The highest BCUT2D eigenvalue weighted by atomic mass is 79.9. The molecule has 8 heteroatoms. The molecule has 1 fully saturated rings. The summed E-state index contributed by atoms with van der Waals surface area (Å²) in [6.45, 7) is 2.01. The van der Waals surface area contributed by atoms with Crippen LogP contribution in [0.1, 0.15) is 19.3 Å². The summed E-state index contributed by atoms with van der Waals surface area (Å²) in [6.07, 6.45) is 7.09. The standard InChI is InChI=1S/C15H15BrN6S/c16-10-8-23-13-11(9-6-18-14(17)19-7-9)20-15(21-12(10)13)22-4-2-1-3-5-22/h6-8H,1-5H2,(H2,17,18,19). The molecule has 1 aliphatic heterocycles. The number of hydrogen-bond acceptors (Lipinski definition) is 7. The van der Waals surface area contributed by atoms with Crippen molar-refractivity contribution in [3.8, 4) is 11.3 Å². The van der Waals surface area contributed by atoms with Crippen molar-refractivity contribution in [2.75, 3.05) is 23.7 Å². The van der Waals surface area contributed by atoms with Crippen molar-refractivity contribution in [2.45, 2.75) is 19.3 Å². The molecule has 118 valence electrons. The predicted octanol–water partition coefficient (Wildman–Crippen LogP) is 3.48. The molecule has 0 aromatic carbocycles. The molecular formula is C15H15BrN6S. The second-order valence-electron chi connectivity index (χ2n) is 5.51. The topological polar surface area (TPSA) is 80.8 Å². The Kier molecular flexibility index (Phi) is 3.86. The molecule has 1 saturated heterocycles. The maximum absolute atomic E-state index is 5.60. The molecule has 0 saturated carbocycles. The molecule has 4 heterocycles. The van der Waals surface area contributed by atoms with Crippen molar-refractivity contribution in [3.63, 3.8) is 0 Å². The third-order valence-corrected chi connectivity index (χ3v) is 5.83. The van der Waals surface area contributed by atoms with Crippen LogP contribution in [0, 0.1) is 0 Å². The van der Waals surface area contributed by atoms with E-state index in [0.717, 1.165) is 45.0 Å². The summed E-state index contributed by atoms with van der Waals surface area (Å²) in [4.78, 5) is 20.0. The average molecular weight is 391 g/mol. The number of fused-ring (bicyclic) bond motifs is 1. The minimum atomic E-state index is 0.266. The summed E-state index contributed by atoms with van der Waals surface area (Å²) >= 11 is 5.21. The molecular weight excluding hydrogens is 376 g/mol. The maximum Gasteiger partial charge on any atom is 0.226 e. The van der Waals surface area contributed by atoms with Gasteiger partial charge >= 0.3 is 0 Å². The van der Waals surface area contributed by atoms with Crippen molar-refractivity contribution in [2.24, 2.45) is 0 Å². The van der Waals surface area contributed by atoms with Crippen LogP contribution in [0.2, 0.25) is 0 Å². The van der Waals surface area contributed by atoms with E-state index < -0.39 is 0 Å². The Morgan fingerprint density at radius 2 is 1.83 bits per heavy atom. The zero-order valence-electron chi connectivity index (χ0n) is 12.4. The number of nitrogen functional groups attached to an aromatic ring is 1. The van der Waals surface area contributed by atoms with Crippen LogP contribution in [-0.4, -0.2) is 33.0 Å². The first-order valence-corrected chi connectivity index (χ1v) is 9.17. The molecule has 0 aliphatic carbocycles. The molecule has 3 aromatic rings. The number of thiophene rings is 1. The van der Waals surface area contributed by atoms with E-state index in [2.05, 4.69) is 30.8 Å². The van der Waals surface area contributed by atoms with Crippen molar-refractivity contribution in [3.05, 3.63) is 22.2 Å². The monoisotopic (exact) mass is 390 g/mol. The van der Waals surface area contributed by atoms with E-state index in [0.29, 0.717) is 0 Å². The Morgan fingerprint density at radius 1 is 1.09 bits per heavy atom. The smallest absolute Gasteiger partial charge is 0.226 e. The summed E-state index contributed by atoms with van der Waals surface area (Å²) < 4.78 is 2.03. The van der Waals surface area contributed by atoms with E-state index in [9.17, 15) is 0 Å². The van der Waals surface area contributed by atoms with Gasteiger partial charge in [-0.15, -0.1) is 11.3 Å². The first-order chi connectivity index (χ1) is 11.2. The van der Waals surface area contributed by atoms with E-state index in [1.807, 2.05) is 5.38 Å². The zero-order chi connectivity index (χ0) is 15.8. The van der Waals surface area contributed by atoms with Gasteiger partial charge in [0.05, 0.1) is 14.9 Å². The number of rotatable bonds is 2. The van der Waals surface area contributed by atoms with Crippen molar-refractivity contribution in [1.82, 2.24) is 19.9 Å². The van der Waals surface area contributed by atoms with Crippen LogP contribution in [0.5, 0.6) is 0 Å². The van der Waals surface area contributed by atoms with Crippen LogP contribution in [-0.2, 0) is 0 Å². The molecule has 0 bridgehead atoms. The fourth-order valence-electron chi connectivity index (χ4n) is 2.77. The summed E-state index contributed by atoms with van der Waals surface area (Å²) in [5, 5.41) is 2.04. The van der Waals surface area contributed by atoms with Crippen molar-refractivity contribution in [1.29, 1.82) is 0 Å². The minimum absolute atomic E-state index is 0.266. The zero-order valence-corrected chi connectivity index (χ0v) is 14.8. The highest BCUT2D eigenvalue weighted by molar-refractivity contribution is 9.10. The summed E-state index contributed by atoms with van der Waals surface area (Å²) in [5.74, 6) is 1.05. The van der Waals surface area contributed by atoms with Gasteiger partial charge in [-0.3, -0.25) is 0 Å². The highest BCUT2D eigenvalue weighted by Crippen LogP contribution is 2.36. The summed E-state index contributed by atoms with van der Waals surface area (Å²) in [5.41, 5.74) is 8.27. The number of halogens is 1. The van der Waals surface area contributed by atoms with Crippen molar-refractivity contribution < 1.29 is 0 Å². The lowest BCUT2D eigenvalue weighted by Gasteiger charge is -2.27. The number of nitrogens with zero attached hydrogens (tertiary/aromatic N) is 5. The Hall–Kier alpha value is -1.80. The Morgan fingerprint density at radius 3 is 2.57 bits per heavy atom. The molecule has 4 rings (SSSR count). The van der Waals surface area contributed by atoms with Gasteiger partial charge in [-0.25, -0.2) is 19.9 Å².